The van der Waals surface area contributed by atoms with Crippen LogP contribution in [0.5, 0.6) is 0 Å². The highest BCUT2D eigenvalue weighted by Gasteiger charge is 2.49. The SMILES string of the molecule is Cc1ccc(C(=O)N2CCC3(CC2)CCN(c2cnn(C)c2)C3=O)cn1.O=C(O)C(F)(F)F. The maximum Gasteiger partial charge on any atom is 0.490 e. The van der Waals surface area contributed by atoms with Crippen molar-refractivity contribution in [2.45, 2.75) is 32.4 Å². The highest BCUT2D eigenvalue weighted by Crippen LogP contribution is 2.43. The number of halogens is 3. The Balaban J connectivity index is 0.000000383. The molecule has 4 rings (SSSR count). The van der Waals surface area contributed by atoms with Gasteiger partial charge in [0, 0.05) is 44.8 Å². The average molecular weight is 467 g/mol. The number of carboxylic acids is 1. The number of rotatable bonds is 2. The number of aryl methyl sites for hydroxylation is 2. The van der Waals surface area contributed by atoms with Gasteiger partial charge in [-0.2, -0.15) is 18.3 Å². The fraction of sp³-hybridized carbons (Fsp3) is 0.476. The molecular formula is C21H24F3N5O4. The number of hydrogen-bond donors (Lipinski definition) is 1. The van der Waals surface area contributed by atoms with Crippen LogP contribution in [-0.4, -0.2) is 68.4 Å². The topological polar surface area (TPSA) is 109 Å². The first-order valence-corrected chi connectivity index (χ1v) is 10.3. The van der Waals surface area contributed by atoms with Crippen molar-refractivity contribution < 1.29 is 32.7 Å². The van der Waals surface area contributed by atoms with E-state index in [2.05, 4.69) is 10.1 Å². The molecule has 9 nitrogen and oxygen atoms in total. The number of carbonyl (C=O) groups is 3. The predicted molar refractivity (Wildman–Crippen MR) is 110 cm³/mol. The van der Waals surface area contributed by atoms with E-state index in [-0.39, 0.29) is 17.2 Å². The molecular weight excluding hydrogens is 443 g/mol. The van der Waals surface area contributed by atoms with Gasteiger partial charge >= 0.3 is 12.1 Å². The van der Waals surface area contributed by atoms with Gasteiger partial charge in [-0.15, -0.1) is 0 Å². The molecule has 33 heavy (non-hydrogen) atoms. The third-order valence-corrected chi connectivity index (χ3v) is 5.92. The summed E-state index contributed by atoms with van der Waals surface area (Å²) in [4.78, 5) is 42.5. The molecule has 0 aliphatic carbocycles. The summed E-state index contributed by atoms with van der Waals surface area (Å²) in [6.45, 7) is 3.84. The lowest BCUT2D eigenvalue weighted by Gasteiger charge is -2.37. The Kier molecular flexibility index (Phi) is 6.75. The van der Waals surface area contributed by atoms with E-state index in [9.17, 15) is 22.8 Å². The zero-order chi connectivity index (χ0) is 24.4. The number of pyridine rings is 1. The van der Waals surface area contributed by atoms with Crippen LogP contribution in [0.25, 0.3) is 0 Å². The molecule has 2 aromatic rings. The number of aromatic nitrogens is 3. The monoisotopic (exact) mass is 467 g/mol. The first kappa shape index (κ1) is 24.2. The van der Waals surface area contributed by atoms with Gasteiger partial charge in [0.25, 0.3) is 5.91 Å². The van der Waals surface area contributed by atoms with Crippen molar-refractivity contribution in [1.29, 1.82) is 0 Å². The smallest absolute Gasteiger partial charge is 0.475 e. The van der Waals surface area contributed by atoms with Crippen LogP contribution in [0.3, 0.4) is 0 Å². The van der Waals surface area contributed by atoms with Gasteiger partial charge in [-0.25, -0.2) is 4.79 Å². The standard InChI is InChI=1S/C19H23N5O2.C2HF3O2/c1-14-3-4-15(11-20-14)17(25)23-8-5-19(6-9-23)7-10-24(18(19)26)16-12-21-22(2)13-16;3-2(4,5)1(6)7/h3-4,11-13H,5-10H2,1-2H3;(H,6,7). The van der Waals surface area contributed by atoms with Crippen molar-refractivity contribution in [2.75, 3.05) is 24.5 Å². The van der Waals surface area contributed by atoms with E-state index in [0.717, 1.165) is 24.3 Å². The zero-order valence-corrected chi connectivity index (χ0v) is 18.2. The Bertz CT molecular complexity index is 1030. The molecule has 2 aliphatic heterocycles. The molecule has 4 heterocycles. The molecule has 1 spiro atoms. The second-order valence-electron chi connectivity index (χ2n) is 8.14. The van der Waals surface area contributed by atoms with Crippen molar-refractivity contribution in [3.8, 4) is 0 Å². The van der Waals surface area contributed by atoms with Crippen LogP contribution in [0.15, 0.2) is 30.7 Å². The van der Waals surface area contributed by atoms with Gasteiger partial charge in [0.2, 0.25) is 5.91 Å². The molecule has 2 aliphatic rings. The van der Waals surface area contributed by atoms with Gasteiger partial charge in [0.15, 0.2) is 0 Å². The summed E-state index contributed by atoms with van der Waals surface area (Å²) >= 11 is 0. The number of alkyl halides is 3. The maximum absolute atomic E-state index is 13.1. The molecule has 0 radical (unpaired) electrons. The van der Waals surface area contributed by atoms with Crippen molar-refractivity contribution in [3.63, 3.8) is 0 Å². The van der Waals surface area contributed by atoms with Crippen LogP contribution in [0.2, 0.25) is 0 Å². The summed E-state index contributed by atoms with van der Waals surface area (Å²) < 4.78 is 33.4. The number of nitrogens with zero attached hydrogens (tertiary/aromatic N) is 5. The number of aliphatic carboxylic acids is 1. The lowest BCUT2D eigenvalue weighted by atomic mass is 9.77. The number of carbonyl (C=O) groups excluding carboxylic acids is 2. The molecule has 178 valence electrons. The lowest BCUT2D eigenvalue weighted by Crippen LogP contribution is -2.46. The van der Waals surface area contributed by atoms with Crippen molar-refractivity contribution >= 4 is 23.5 Å². The third-order valence-electron chi connectivity index (χ3n) is 5.92. The molecule has 2 fully saturated rings. The maximum atomic E-state index is 13.1. The predicted octanol–water partition coefficient (Wildman–Crippen LogP) is 2.42. The van der Waals surface area contributed by atoms with Gasteiger partial charge in [0.05, 0.1) is 22.9 Å². The summed E-state index contributed by atoms with van der Waals surface area (Å²) in [5.74, 6) is -2.58. The first-order chi connectivity index (χ1) is 15.4. The van der Waals surface area contributed by atoms with Crippen molar-refractivity contribution in [3.05, 3.63) is 42.0 Å². The fourth-order valence-electron chi connectivity index (χ4n) is 3.99. The van der Waals surface area contributed by atoms with E-state index >= 15 is 0 Å². The average Bonchev–Trinajstić information content (AvgIpc) is 3.32. The van der Waals surface area contributed by atoms with Crippen molar-refractivity contribution in [1.82, 2.24) is 19.7 Å². The Morgan fingerprint density at radius 2 is 1.70 bits per heavy atom. The van der Waals surface area contributed by atoms with Crippen LogP contribution >= 0.6 is 0 Å². The number of likely N-dealkylation sites (tertiary alicyclic amines) is 1. The summed E-state index contributed by atoms with van der Waals surface area (Å²) in [5, 5.41) is 11.3. The van der Waals surface area contributed by atoms with Gasteiger partial charge in [-0.05, 0) is 38.3 Å². The molecule has 0 atom stereocenters. The molecule has 0 bridgehead atoms. The Morgan fingerprint density at radius 3 is 2.18 bits per heavy atom. The van der Waals surface area contributed by atoms with Gasteiger partial charge < -0.3 is 14.9 Å². The van der Waals surface area contributed by atoms with Crippen LogP contribution in [0.4, 0.5) is 18.9 Å². The van der Waals surface area contributed by atoms with Crippen LogP contribution in [0.1, 0.15) is 35.3 Å². The second kappa shape index (κ2) is 9.20. The molecule has 0 aromatic carbocycles. The van der Waals surface area contributed by atoms with E-state index < -0.39 is 12.1 Å². The number of anilines is 1. The summed E-state index contributed by atoms with van der Waals surface area (Å²) in [5.41, 5.74) is 2.03. The highest BCUT2D eigenvalue weighted by molar-refractivity contribution is 6.00. The Morgan fingerprint density at radius 1 is 1.09 bits per heavy atom. The van der Waals surface area contributed by atoms with E-state index in [0.29, 0.717) is 31.5 Å². The number of hydrogen-bond acceptors (Lipinski definition) is 5. The van der Waals surface area contributed by atoms with Gasteiger partial charge in [-0.1, -0.05) is 0 Å². The molecule has 2 aromatic heterocycles. The summed E-state index contributed by atoms with van der Waals surface area (Å²) in [7, 11) is 1.85. The van der Waals surface area contributed by atoms with Gasteiger partial charge in [0.1, 0.15) is 0 Å². The third kappa shape index (κ3) is 5.32. The van der Waals surface area contributed by atoms with Crippen LogP contribution < -0.4 is 4.90 Å². The first-order valence-electron chi connectivity index (χ1n) is 10.3. The molecule has 12 heteroatoms. The van der Waals surface area contributed by atoms with Crippen LogP contribution in [-0.2, 0) is 16.6 Å². The largest absolute Gasteiger partial charge is 0.490 e. The molecule has 0 saturated carbocycles. The van der Waals surface area contributed by atoms with E-state index in [1.54, 1.807) is 17.1 Å². The minimum atomic E-state index is -5.08. The second-order valence-corrected chi connectivity index (χ2v) is 8.14. The summed E-state index contributed by atoms with van der Waals surface area (Å²) in [6, 6.07) is 3.67. The molecule has 2 saturated heterocycles. The number of carboxylic acid groups (broad SMARTS) is 1. The molecule has 2 amide bonds. The van der Waals surface area contributed by atoms with Crippen molar-refractivity contribution in [2.24, 2.45) is 12.5 Å². The van der Waals surface area contributed by atoms with Crippen LogP contribution in [0, 0.1) is 12.3 Å². The minimum absolute atomic E-state index is 0.00177. The zero-order valence-electron chi connectivity index (χ0n) is 18.2. The van der Waals surface area contributed by atoms with Gasteiger partial charge in [-0.3, -0.25) is 19.3 Å². The summed E-state index contributed by atoms with van der Waals surface area (Å²) in [6.07, 6.45) is 2.43. The molecule has 1 N–H and O–H groups in total. The lowest BCUT2D eigenvalue weighted by molar-refractivity contribution is -0.192. The van der Waals surface area contributed by atoms with E-state index in [4.69, 9.17) is 9.90 Å². The van der Waals surface area contributed by atoms with E-state index in [1.165, 1.54) is 0 Å². The normalized spacial score (nSPS) is 17.7. The minimum Gasteiger partial charge on any atom is -0.475 e. The van der Waals surface area contributed by atoms with E-state index in [1.807, 2.05) is 42.1 Å². The quantitative estimate of drug-likeness (QED) is 0.727. The Hall–Kier alpha value is -3.44. The molecule has 0 unspecified atom stereocenters. The number of amides is 2. The Labute approximate surface area is 187 Å². The highest BCUT2D eigenvalue weighted by atomic mass is 19.4. The fourth-order valence-corrected chi connectivity index (χ4v) is 3.99. The number of piperidine rings is 1.